The smallest absolute Gasteiger partial charge is 0.239 e. The minimum absolute atomic E-state index is 0.0117. The molecule has 4 N–H and O–H groups in total. The molecular weight excluding hydrogens is 370 g/mol. The van der Waals surface area contributed by atoms with E-state index in [0.717, 1.165) is 17.3 Å². The fourth-order valence-corrected chi connectivity index (χ4v) is 3.31. The maximum absolute atomic E-state index is 12.0. The van der Waals surface area contributed by atoms with Crippen molar-refractivity contribution in [1.29, 1.82) is 0 Å². The molecule has 1 fully saturated rings. The van der Waals surface area contributed by atoms with Crippen LogP contribution in [0.3, 0.4) is 0 Å². The van der Waals surface area contributed by atoms with Gasteiger partial charge in [-0.2, -0.15) is 0 Å². The third kappa shape index (κ3) is 4.57. The SMILES string of the molecule is CC(C)[C@H](N)C(=O)NCC(=O)NCC1(c2cccc(Br)c2)CCC1. The molecule has 2 rings (SSSR count). The molecule has 0 aromatic heterocycles. The zero-order chi connectivity index (χ0) is 17.7. The molecule has 1 aliphatic rings. The van der Waals surface area contributed by atoms with E-state index in [1.807, 2.05) is 26.0 Å². The lowest BCUT2D eigenvalue weighted by Gasteiger charge is -2.42. The first-order valence-corrected chi connectivity index (χ1v) is 9.19. The second-order valence-electron chi connectivity index (χ2n) is 6.91. The highest BCUT2D eigenvalue weighted by Gasteiger charge is 2.38. The summed E-state index contributed by atoms with van der Waals surface area (Å²) in [6, 6.07) is 7.67. The Morgan fingerprint density at radius 3 is 2.54 bits per heavy atom. The third-order valence-electron chi connectivity index (χ3n) is 4.82. The van der Waals surface area contributed by atoms with Crippen molar-refractivity contribution in [1.82, 2.24) is 10.6 Å². The minimum atomic E-state index is -0.586. The number of carbonyl (C=O) groups excluding carboxylic acids is 2. The summed E-state index contributed by atoms with van der Waals surface area (Å²) in [5.74, 6) is -0.422. The zero-order valence-corrected chi connectivity index (χ0v) is 15.9. The first-order chi connectivity index (χ1) is 11.3. The molecule has 1 saturated carbocycles. The van der Waals surface area contributed by atoms with Crippen molar-refractivity contribution >= 4 is 27.7 Å². The molecule has 5 nitrogen and oxygen atoms in total. The molecule has 1 aliphatic carbocycles. The number of hydrogen-bond acceptors (Lipinski definition) is 3. The van der Waals surface area contributed by atoms with Crippen LogP contribution < -0.4 is 16.4 Å². The van der Waals surface area contributed by atoms with Gasteiger partial charge in [0.25, 0.3) is 0 Å². The van der Waals surface area contributed by atoms with Crippen LogP contribution in [0.2, 0.25) is 0 Å². The average Bonchev–Trinajstić information content (AvgIpc) is 2.50. The van der Waals surface area contributed by atoms with Gasteiger partial charge in [0.2, 0.25) is 11.8 Å². The van der Waals surface area contributed by atoms with Gasteiger partial charge in [-0.05, 0) is 36.5 Å². The van der Waals surface area contributed by atoms with Crippen LogP contribution in [0.25, 0.3) is 0 Å². The van der Waals surface area contributed by atoms with Gasteiger partial charge in [-0.15, -0.1) is 0 Å². The lowest BCUT2D eigenvalue weighted by molar-refractivity contribution is -0.127. The summed E-state index contributed by atoms with van der Waals surface area (Å²) in [5, 5.41) is 5.56. The first-order valence-electron chi connectivity index (χ1n) is 8.40. The quantitative estimate of drug-likeness (QED) is 0.660. The summed E-state index contributed by atoms with van der Waals surface area (Å²) in [5.41, 5.74) is 7.02. The molecule has 1 atom stereocenters. The third-order valence-corrected chi connectivity index (χ3v) is 5.31. The fourth-order valence-electron chi connectivity index (χ4n) is 2.91. The van der Waals surface area contributed by atoms with E-state index in [1.54, 1.807) is 0 Å². The van der Waals surface area contributed by atoms with Crippen molar-refractivity contribution in [2.75, 3.05) is 13.1 Å². The van der Waals surface area contributed by atoms with Crippen LogP contribution in [0.15, 0.2) is 28.7 Å². The van der Waals surface area contributed by atoms with E-state index in [1.165, 1.54) is 12.0 Å². The number of nitrogens with one attached hydrogen (secondary N) is 2. The van der Waals surface area contributed by atoms with Crippen LogP contribution in [0.5, 0.6) is 0 Å². The van der Waals surface area contributed by atoms with E-state index in [-0.39, 0.29) is 29.7 Å². The van der Waals surface area contributed by atoms with Crippen molar-refractivity contribution in [3.8, 4) is 0 Å². The van der Waals surface area contributed by atoms with Crippen molar-refractivity contribution in [2.24, 2.45) is 11.7 Å². The van der Waals surface area contributed by atoms with E-state index < -0.39 is 6.04 Å². The predicted molar refractivity (Wildman–Crippen MR) is 98.5 cm³/mol. The molecule has 0 heterocycles. The highest BCUT2D eigenvalue weighted by Crippen LogP contribution is 2.43. The topological polar surface area (TPSA) is 84.2 Å². The molecule has 0 saturated heterocycles. The average molecular weight is 396 g/mol. The van der Waals surface area contributed by atoms with E-state index in [4.69, 9.17) is 5.73 Å². The summed E-state index contributed by atoms with van der Waals surface area (Å²) in [7, 11) is 0. The summed E-state index contributed by atoms with van der Waals surface area (Å²) < 4.78 is 1.05. The second-order valence-corrected chi connectivity index (χ2v) is 7.82. The Bertz CT molecular complexity index is 600. The monoisotopic (exact) mass is 395 g/mol. The number of hydrogen-bond donors (Lipinski definition) is 3. The fraction of sp³-hybridized carbons (Fsp3) is 0.556. The summed E-state index contributed by atoms with van der Waals surface area (Å²) in [4.78, 5) is 23.8. The molecule has 2 amide bonds. The molecule has 1 aromatic rings. The van der Waals surface area contributed by atoms with Gasteiger partial charge < -0.3 is 16.4 Å². The number of amides is 2. The lowest BCUT2D eigenvalue weighted by atomic mass is 9.64. The van der Waals surface area contributed by atoms with Gasteiger partial charge in [-0.25, -0.2) is 0 Å². The zero-order valence-electron chi connectivity index (χ0n) is 14.3. The summed E-state index contributed by atoms with van der Waals surface area (Å²) in [6.45, 7) is 4.31. The van der Waals surface area contributed by atoms with Gasteiger partial charge in [0.05, 0.1) is 12.6 Å². The number of halogens is 1. The maximum Gasteiger partial charge on any atom is 0.239 e. The Labute approximate surface area is 151 Å². The number of benzene rings is 1. The standard InChI is InChI=1S/C18H26BrN3O2/c1-12(2)16(20)17(24)21-10-15(23)22-11-18(7-4-8-18)13-5-3-6-14(19)9-13/h3,5-6,9,12,16H,4,7-8,10-11,20H2,1-2H3,(H,21,24)(H,22,23)/t16-/m0/s1. The molecule has 0 radical (unpaired) electrons. The van der Waals surface area contributed by atoms with E-state index >= 15 is 0 Å². The Morgan fingerprint density at radius 2 is 2.00 bits per heavy atom. The van der Waals surface area contributed by atoms with Crippen molar-refractivity contribution in [3.05, 3.63) is 34.3 Å². The Morgan fingerprint density at radius 1 is 1.29 bits per heavy atom. The normalized spacial score (nSPS) is 17.0. The maximum atomic E-state index is 12.0. The Kier molecular flexibility index (Phi) is 6.40. The van der Waals surface area contributed by atoms with E-state index in [0.29, 0.717) is 6.54 Å². The molecule has 0 unspecified atom stereocenters. The largest absolute Gasteiger partial charge is 0.354 e. The van der Waals surface area contributed by atoms with Crippen LogP contribution in [-0.4, -0.2) is 30.9 Å². The highest BCUT2D eigenvalue weighted by atomic mass is 79.9. The van der Waals surface area contributed by atoms with Crippen LogP contribution in [-0.2, 0) is 15.0 Å². The van der Waals surface area contributed by atoms with Crippen molar-refractivity contribution in [2.45, 2.75) is 44.6 Å². The summed E-state index contributed by atoms with van der Waals surface area (Å²) in [6.07, 6.45) is 3.30. The molecular formula is C18H26BrN3O2. The van der Waals surface area contributed by atoms with Gasteiger partial charge in [-0.3, -0.25) is 9.59 Å². The second kappa shape index (κ2) is 8.12. The summed E-state index contributed by atoms with van der Waals surface area (Å²) >= 11 is 3.51. The van der Waals surface area contributed by atoms with Gasteiger partial charge in [0, 0.05) is 16.4 Å². The van der Waals surface area contributed by atoms with Crippen LogP contribution in [0, 0.1) is 5.92 Å². The van der Waals surface area contributed by atoms with Gasteiger partial charge in [-0.1, -0.05) is 48.3 Å². The van der Waals surface area contributed by atoms with E-state index in [2.05, 4.69) is 38.7 Å². The van der Waals surface area contributed by atoms with Gasteiger partial charge in [0.15, 0.2) is 0 Å². The number of nitrogens with two attached hydrogens (primary N) is 1. The van der Waals surface area contributed by atoms with Gasteiger partial charge >= 0.3 is 0 Å². The molecule has 132 valence electrons. The Hall–Kier alpha value is -1.40. The molecule has 0 bridgehead atoms. The van der Waals surface area contributed by atoms with Gasteiger partial charge in [0.1, 0.15) is 0 Å². The van der Waals surface area contributed by atoms with Crippen molar-refractivity contribution in [3.63, 3.8) is 0 Å². The van der Waals surface area contributed by atoms with Crippen LogP contribution in [0.4, 0.5) is 0 Å². The van der Waals surface area contributed by atoms with Crippen LogP contribution in [0.1, 0.15) is 38.7 Å². The van der Waals surface area contributed by atoms with E-state index in [9.17, 15) is 9.59 Å². The minimum Gasteiger partial charge on any atom is -0.354 e. The molecule has 0 aliphatic heterocycles. The molecule has 0 spiro atoms. The molecule has 6 heteroatoms. The first kappa shape index (κ1) is 18.9. The lowest BCUT2D eigenvalue weighted by Crippen LogP contribution is -2.50. The highest BCUT2D eigenvalue weighted by molar-refractivity contribution is 9.10. The predicted octanol–water partition coefficient (Wildman–Crippen LogP) is 2.09. The molecule has 1 aromatic carbocycles. The number of rotatable bonds is 7. The Balaban J connectivity index is 1.85. The van der Waals surface area contributed by atoms with Crippen molar-refractivity contribution < 1.29 is 9.59 Å². The van der Waals surface area contributed by atoms with Crippen LogP contribution >= 0.6 is 15.9 Å². The number of carbonyl (C=O) groups is 2. The molecule has 24 heavy (non-hydrogen) atoms.